The highest BCUT2D eigenvalue weighted by atomic mass is 16.5. The maximum absolute atomic E-state index is 11.1. The van der Waals surface area contributed by atoms with E-state index in [0.717, 1.165) is 17.1 Å². The van der Waals surface area contributed by atoms with E-state index < -0.39 is 11.4 Å². The standard InChI is InChI=1S/C19H23NO3/c1-19(2,18(21)22)11-12-20-14-15-7-6-10-17(13-15)23-16-8-4-3-5-9-16/h3-10,13,20H,11-12,14H2,1-2H3,(H,21,22). The van der Waals surface area contributed by atoms with Gasteiger partial charge in [-0.25, -0.2) is 0 Å². The molecule has 2 aromatic carbocycles. The predicted molar refractivity (Wildman–Crippen MR) is 90.7 cm³/mol. The summed E-state index contributed by atoms with van der Waals surface area (Å²) >= 11 is 0. The van der Waals surface area contributed by atoms with Crippen LogP contribution in [-0.4, -0.2) is 17.6 Å². The molecule has 0 spiro atoms. The molecule has 0 aromatic heterocycles. The topological polar surface area (TPSA) is 58.6 Å². The first kappa shape index (κ1) is 17.0. The van der Waals surface area contributed by atoms with Gasteiger partial charge in [0.05, 0.1) is 5.41 Å². The summed E-state index contributed by atoms with van der Waals surface area (Å²) in [7, 11) is 0. The van der Waals surface area contributed by atoms with Gasteiger partial charge in [-0.3, -0.25) is 4.79 Å². The van der Waals surface area contributed by atoms with Crippen molar-refractivity contribution < 1.29 is 14.6 Å². The van der Waals surface area contributed by atoms with E-state index in [0.29, 0.717) is 19.5 Å². The number of para-hydroxylation sites is 1. The fourth-order valence-corrected chi connectivity index (χ4v) is 2.08. The van der Waals surface area contributed by atoms with E-state index in [4.69, 9.17) is 9.84 Å². The van der Waals surface area contributed by atoms with Crippen LogP contribution in [0.5, 0.6) is 11.5 Å². The summed E-state index contributed by atoms with van der Waals surface area (Å²) < 4.78 is 5.81. The minimum absolute atomic E-state index is 0.586. The van der Waals surface area contributed by atoms with Crippen molar-refractivity contribution in [1.29, 1.82) is 0 Å². The SMILES string of the molecule is CC(C)(CCNCc1cccc(Oc2ccccc2)c1)C(=O)O. The average Bonchev–Trinajstić information content (AvgIpc) is 2.53. The van der Waals surface area contributed by atoms with Gasteiger partial charge in [-0.1, -0.05) is 30.3 Å². The molecular weight excluding hydrogens is 290 g/mol. The van der Waals surface area contributed by atoms with Crippen molar-refractivity contribution in [2.24, 2.45) is 5.41 Å². The van der Waals surface area contributed by atoms with Crippen molar-refractivity contribution in [3.63, 3.8) is 0 Å². The van der Waals surface area contributed by atoms with Crippen molar-refractivity contribution in [2.75, 3.05) is 6.54 Å². The Morgan fingerprint density at radius 3 is 2.48 bits per heavy atom. The fraction of sp³-hybridized carbons (Fsp3) is 0.316. The molecule has 2 N–H and O–H groups in total. The largest absolute Gasteiger partial charge is 0.481 e. The molecule has 0 fully saturated rings. The van der Waals surface area contributed by atoms with Crippen molar-refractivity contribution in [1.82, 2.24) is 5.32 Å². The molecular formula is C19H23NO3. The summed E-state index contributed by atoms with van der Waals surface area (Å²) in [5, 5.41) is 12.4. The summed E-state index contributed by atoms with van der Waals surface area (Å²) in [4.78, 5) is 11.1. The summed E-state index contributed by atoms with van der Waals surface area (Å²) in [6, 6.07) is 17.5. The van der Waals surface area contributed by atoms with Gasteiger partial charge in [0, 0.05) is 6.54 Å². The highest BCUT2D eigenvalue weighted by Crippen LogP contribution is 2.22. The number of hydrogen-bond acceptors (Lipinski definition) is 3. The summed E-state index contributed by atoms with van der Waals surface area (Å²) in [6.07, 6.45) is 0.586. The van der Waals surface area contributed by atoms with Crippen LogP contribution in [0.1, 0.15) is 25.8 Å². The lowest BCUT2D eigenvalue weighted by atomic mass is 9.90. The Morgan fingerprint density at radius 2 is 1.78 bits per heavy atom. The van der Waals surface area contributed by atoms with Gasteiger partial charge in [-0.15, -0.1) is 0 Å². The van der Waals surface area contributed by atoms with E-state index in [1.165, 1.54) is 0 Å². The average molecular weight is 313 g/mol. The van der Waals surface area contributed by atoms with E-state index in [2.05, 4.69) is 5.32 Å². The Labute approximate surface area is 137 Å². The zero-order valence-corrected chi connectivity index (χ0v) is 13.6. The number of nitrogens with one attached hydrogen (secondary N) is 1. The second-order valence-corrected chi connectivity index (χ2v) is 6.18. The second kappa shape index (κ2) is 7.79. The third kappa shape index (κ3) is 5.42. The lowest BCUT2D eigenvalue weighted by molar-refractivity contribution is -0.147. The molecule has 4 heteroatoms. The number of carboxylic acids is 1. The lowest BCUT2D eigenvalue weighted by Crippen LogP contribution is -2.28. The van der Waals surface area contributed by atoms with Gasteiger partial charge in [0.2, 0.25) is 0 Å². The maximum atomic E-state index is 11.1. The van der Waals surface area contributed by atoms with E-state index in [1.807, 2.05) is 54.6 Å². The quantitative estimate of drug-likeness (QED) is 0.721. The molecule has 0 unspecified atom stereocenters. The zero-order valence-electron chi connectivity index (χ0n) is 13.6. The van der Waals surface area contributed by atoms with Gasteiger partial charge in [0.15, 0.2) is 0 Å². The number of hydrogen-bond donors (Lipinski definition) is 2. The molecule has 0 heterocycles. The Kier molecular flexibility index (Phi) is 5.77. The van der Waals surface area contributed by atoms with Crippen LogP contribution < -0.4 is 10.1 Å². The van der Waals surface area contributed by atoms with Gasteiger partial charge in [-0.05, 0) is 56.6 Å². The van der Waals surface area contributed by atoms with E-state index in [9.17, 15) is 4.79 Å². The minimum Gasteiger partial charge on any atom is -0.481 e. The van der Waals surface area contributed by atoms with Crippen molar-refractivity contribution in [3.05, 3.63) is 60.2 Å². The Morgan fingerprint density at radius 1 is 1.09 bits per heavy atom. The van der Waals surface area contributed by atoms with E-state index in [-0.39, 0.29) is 0 Å². The highest BCUT2D eigenvalue weighted by molar-refractivity contribution is 5.73. The third-order valence-electron chi connectivity index (χ3n) is 3.71. The molecule has 4 nitrogen and oxygen atoms in total. The molecule has 23 heavy (non-hydrogen) atoms. The molecule has 0 saturated heterocycles. The number of carbonyl (C=O) groups is 1. The van der Waals surface area contributed by atoms with E-state index >= 15 is 0 Å². The molecule has 0 bridgehead atoms. The summed E-state index contributed by atoms with van der Waals surface area (Å²) in [6.45, 7) is 4.82. The third-order valence-corrected chi connectivity index (χ3v) is 3.71. The van der Waals surface area contributed by atoms with Crippen LogP contribution in [0.15, 0.2) is 54.6 Å². The van der Waals surface area contributed by atoms with E-state index in [1.54, 1.807) is 13.8 Å². The van der Waals surface area contributed by atoms with Gasteiger partial charge in [0.1, 0.15) is 11.5 Å². The smallest absolute Gasteiger partial charge is 0.309 e. The van der Waals surface area contributed by atoms with Crippen LogP contribution in [0.4, 0.5) is 0 Å². The number of benzene rings is 2. The molecule has 0 aliphatic carbocycles. The van der Waals surface area contributed by atoms with Crippen LogP contribution in [0.3, 0.4) is 0 Å². The summed E-state index contributed by atoms with van der Waals surface area (Å²) in [5.41, 5.74) is 0.400. The Balaban J connectivity index is 1.85. The van der Waals surface area contributed by atoms with Crippen LogP contribution in [0, 0.1) is 5.41 Å². The molecule has 2 rings (SSSR count). The van der Waals surface area contributed by atoms with Gasteiger partial charge in [-0.2, -0.15) is 0 Å². The molecule has 122 valence electrons. The number of rotatable bonds is 8. The molecule has 0 radical (unpaired) electrons. The minimum atomic E-state index is -0.766. The molecule has 0 aliphatic heterocycles. The molecule has 0 saturated carbocycles. The first-order chi connectivity index (χ1) is 11.0. The monoisotopic (exact) mass is 313 g/mol. The molecule has 0 atom stereocenters. The maximum Gasteiger partial charge on any atom is 0.309 e. The van der Waals surface area contributed by atoms with Gasteiger partial charge in [0.25, 0.3) is 0 Å². The second-order valence-electron chi connectivity index (χ2n) is 6.18. The molecule has 0 aliphatic rings. The number of aliphatic carboxylic acids is 1. The van der Waals surface area contributed by atoms with Crippen LogP contribution >= 0.6 is 0 Å². The number of ether oxygens (including phenoxy) is 1. The van der Waals surface area contributed by atoms with Crippen LogP contribution in [0.2, 0.25) is 0 Å². The highest BCUT2D eigenvalue weighted by Gasteiger charge is 2.25. The normalized spacial score (nSPS) is 11.2. The summed E-state index contributed by atoms with van der Waals surface area (Å²) in [5.74, 6) is 0.833. The first-order valence-electron chi connectivity index (χ1n) is 7.73. The molecule has 0 amide bonds. The van der Waals surface area contributed by atoms with Crippen molar-refractivity contribution in [2.45, 2.75) is 26.8 Å². The zero-order chi connectivity index (χ0) is 16.7. The van der Waals surface area contributed by atoms with Gasteiger partial charge < -0.3 is 15.2 Å². The molecule has 2 aromatic rings. The Bertz CT molecular complexity index is 638. The lowest BCUT2D eigenvalue weighted by Gasteiger charge is -2.19. The number of carboxylic acid groups (broad SMARTS) is 1. The van der Waals surface area contributed by atoms with Gasteiger partial charge >= 0.3 is 5.97 Å². The fourth-order valence-electron chi connectivity index (χ4n) is 2.08. The predicted octanol–water partition coefficient (Wildman–Crippen LogP) is 4.07. The Hall–Kier alpha value is -2.33. The first-order valence-corrected chi connectivity index (χ1v) is 7.73. The van der Waals surface area contributed by atoms with Crippen LogP contribution in [-0.2, 0) is 11.3 Å². The van der Waals surface area contributed by atoms with Crippen molar-refractivity contribution in [3.8, 4) is 11.5 Å². The van der Waals surface area contributed by atoms with Crippen LogP contribution in [0.25, 0.3) is 0 Å². The van der Waals surface area contributed by atoms with Crippen molar-refractivity contribution >= 4 is 5.97 Å².